The molecule has 2 heterocycles. The third-order valence-corrected chi connectivity index (χ3v) is 7.77. The van der Waals surface area contributed by atoms with E-state index in [0.29, 0.717) is 45.9 Å². The van der Waals surface area contributed by atoms with Gasteiger partial charge in [-0.25, -0.2) is 14.4 Å². The van der Waals surface area contributed by atoms with Crippen LogP contribution in [0, 0.1) is 5.82 Å². The Morgan fingerprint density at radius 3 is 2.61 bits per heavy atom. The molecule has 0 bridgehead atoms. The maximum absolute atomic E-state index is 13.6. The van der Waals surface area contributed by atoms with Crippen molar-refractivity contribution in [3.05, 3.63) is 59.7 Å². The summed E-state index contributed by atoms with van der Waals surface area (Å²) in [7, 11) is 0. The third kappa shape index (κ3) is 6.08. The van der Waals surface area contributed by atoms with Crippen LogP contribution in [0.4, 0.5) is 21.6 Å². The number of anilines is 3. The Labute approximate surface area is 227 Å². The summed E-state index contributed by atoms with van der Waals surface area (Å²) >= 11 is 5.96. The van der Waals surface area contributed by atoms with Gasteiger partial charge in [-0.05, 0) is 70.2 Å². The van der Waals surface area contributed by atoms with Gasteiger partial charge in [0.1, 0.15) is 23.7 Å². The molecule has 3 aromatic rings. The van der Waals surface area contributed by atoms with Gasteiger partial charge in [-0.2, -0.15) is 0 Å². The molecule has 2 unspecified atom stereocenters. The van der Waals surface area contributed by atoms with Gasteiger partial charge in [0.15, 0.2) is 0 Å². The van der Waals surface area contributed by atoms with E-state index in [1.165, 1.54) is 37.7 Å². The molecule has 9 heteroatoms. The smallest absolute Gasteiger partial charge is 0.248 e. The van der Waals surface area contributed by atoms with Crippen LogP contribution in [0.1, 0.15) is 52.4 Å². The number of benzene rings is 2. The number of piperidine rings is 1. The highest BCUT2D eigenvalue weighted by Crippen LogP contribution is 2.36. The number of amides is 1. The summed E-state index contributed by atoms with van der Waals surface area (Å²) in [4.78, 5) is 24.2. The van der Waals surface area contributed by atoms with Gasteiger partial charge >= 0.3 is 0 Å². The Morgan fingerprint density at radius 1 is 1.13 bits per heavy atom. The molecule has 5 rings (SSSR count). The average Bonchev–Trinajstić information content (AvgIpc) is 2.86. The van der Waals surface area contributed by atoms with Crippen molar-refractivity contribution in [1.29, 1.82) is 0 Å². The molecule has 0 radical (unpaired) electrons. The second-order valence-corrected chi connectivity index (χ2v) is 10.6. The lowest BCUT2D eigenvalue weighted by Gasteiger charge is -2.38. The number of ether oxygens (including phenoxy) is 1. The molecule has 1 aliphatic heterocycles. The van der Waals surface area contributed by atoms with Gasteiger partial charge in [0.25, 0.3) is 0 Å². The van der Waals surface area contributed by atoms with Crippen LogP contribution >= 0.6 is 11.6 Å². The van der Waals surface area contributed by atoms with Gasteiger partial charge in [0, 0.05) is 41.8 Å². The summed E-state index contributed by atoms with van der Waals surface area (Å²) in [6.07, 6.45) is 11.8. The topological polar surface area (TPSA) is 79.4 Å². The number of likely N-dealkylation sites (tertiary alicyclic amines) is 1. The Morgan fingerprint density at radius 2 is 1.89 bits per heavy atom. The van der Waals surface area contributed by atoms with Crippen LogP contribution in [-0.2, 0) is 4.79 Å². The Bertz CT molecular complexity index is 1340. The van der Waals surface area contributed by atoms with E-state index in [1.54, 1.807) is 12.1 Å². The number of hydrogen-bond acceptors (Lipinski definition) is 6. The molecule has 200 valence electrons. The van der Waals surface area contributed by atoms with E-state index in [9.17, 15) is 9.18 Å². The molecule has 1 aliphatic carbocycles. The summed E-state index contributed by atoms with van der Waals surface area (Å²) in [5.41, 5.74) is 1.79. The maximum Gasteiger partial charge on any atom is 0.248 e. The third-order valence-electron chi connectivity index (χ3n) is 7.48. The number of rotatable bonds is 8. The molecule has 7 nitrogen and oxygen atoms in total. The summed E-state index contributed by atoms with van der Waals surface area (Å²) in [6.45, 7) is 5.23. The van der Waals surface area contributed by atoms with E-state index in [4.69, 9.17) is 16.3 Å². The number of carbonyl (C=O) groups excluding carboxylic acids is 1. The Hall–Kier alpha value is -3.23. The predicted molar refractivity (Wildman–Crippen MR) is 150 cm³/mol. The van der Waals surface area contributed by atoms with Crippen molar-refractivity contribution in [2.24, 2.45) is 0 Å². The van der Waals surface area contributed by atoms with Crippen molar-refractivity contribution >= 4 is 45.6 Å². The molecular formula is C29H33ClFN5O2. The molecular weight excluding hydrogens is 505 g/mol. The van der Waals surface area contributed by atoms with Crippen LogP contribution in [-0.4, -0.2) is 45.5 Å². The van der Waals surface area contributed by atoms with Crippen LogP contribution in [0.15, 0.2) is 48.8 Å². The number of carbonyl (C=O) groups is 1. The molecule has 1 saturated heterocycles. The first-order valence-corrected chi connectivity index (χ1v) is 13.7. The molecule has 1 amide bonds. The highest BCUT2D eigenvalue weighted by molar-refractivity contribution is 6.31. The molecule has 1 aromatic heterocycles. The number of hydrogen-bond donors (Lipinski definition) is 2. The largest absolute Gasteiger partial charge is 0.488 e. The van der Waals surface area contributed by atoms with Crippen LogP contribution in [0.2, 0.25) is 5.02 Å². The molecule has 0 spiro atoms. The van der Waals surface area contributed by atoms with Crippen molar-refractivity contribution in [2.45, 2.75) is 70.6 Å². The van der Waals surface area contributed by atoms with Gasteiger partial charge < -0.3 is 15.4 Å². The van der Waals surface area contributed by atoms with Crippen LogP contribution in [0.25, 0.3) is 10.9 Å². The average molecular weight is 538 g/mol. The fraction of sp³-hybridized carbons (Fsp3) is 0.414. The highest BCUT2D eigenvalue weighted by atomic mass is 35.5. The van der Waals surface area contributed by atoms with Crippen molar-refractivity contribution in [3.8, 4) is 5.75 Å². The minimum absolute atomic E-state index is 0.0117. The second kappa shape index (κ2) is 11.7. The molecule has 2 aromatic carbocycles. The van der Waals surface area contributed by atoms with Crippen LogP contribution < -0.4 is 15.4 Å². The lowest BCUT2D eigenvalue weighted by atomic mass is 9.96. The van der Waals surface area contributed by atoms with Crippen LogP contribution in [0.5, 0.6) is 5.75 Å². The summed E-state index contributed by atoms with van der Waals surface area (Å²) in [6, 6.07) is 9.04. The van der Waals surface area contributed by atoms with Crippen LogP contribution in [0.3, 0.4) is 0 Å². The number of aromatic nitrogens is 2. The maximum atomic E-state index is 13.6. The SMILES string of the molecule is CC1CCCC(C)N1CC=CC(=O)Nc1cc2c(Nc3ccc(F)c(Cl)c3)ncnc2cc1OC1CCC1. The quantitative estimate of drug-likeness (QED) is 0.306. The van der Waals surface area contributed by atoms with Gasteiger partial charge in [0.2, 0.25) is 5.91 Å². The molecule has 38 heavy (non-hydrogen) atoms. The lowest BCUT2D eigenvalue weighted by Crippen LogP contribution is -2.43. The van der Waals surface area contributed by atoms with Gasteiger partial charge in [-0.3, -0.25) is 9.69 Å². The van der Waals surface area contributed by atoms with E-state index in [2.05, 4.69) is 39.3 Å². The fourth-order valence-electron chi connectivity index (χ4n) is 5.05. The van der Waals surface area contributed by atoms with Gasteiger partial charge in [-0.1, -0.05) is 24.1 Å². The fourth-order valence-corrected chi connectivity index (χ4v) is 5.23. The van der Waals surface area contributed by atoms with Gasteiger partial charge in [0.05, 0.1) is 22.3 Å². The number of nitrogens with one attached hydrogen (secondary N) is 2. The number of nitrogens with zero attached hydrogens (tertiary/aromatic N) is 3. The normalized spacial score (nSPS) is 20.4. The highest BCUT2D eigenvalue weighted by Gasteiger charge is 2.24. The van der Waals surface area contributed by atoms with Crippen molar-refractivity contribution < 1.29 is 13.9 Å². The number of fused-ring (bicyclic) bond motifs is 1. The summed E-state index contributed by atoms with van der Waals surface area (Å²) in [5.74, 6) is 0.366. The van der Waals surface area contributed by atoms with Crippen molar-refractivity contribution in [3.63, 3.8) is 0 Å². The second-order valence-electron chi connectivity index (χ2n) is 10.2. The first-order valence-electron chi connectivity index (χ1n) is 13.3. The number of halogens is 2. The first kappa shape index (κ1) is 26.4. The van der Waals surface area contributed by atoms with Gasteiger partial charge in [-0.15, -0.1) is 0 Å². The molecule has 2 fully saturated rings. The van der Waals surface area contributed by atoms with E-state index in [-0.39, 0.29) is 17.0 Å². The minimum atomic E-state index is -0.496. The zero-order valence-electron chi connectivity index (χ0n) is 21.7. The summed E-state index contributed by atoms with van der Waals surface area (Å²) < 4.78 is 19.9. The lowest BCUT2D eigenvalue weighted by molar-refractivity contribution is -0.112. The monoisotopic (exact) mass is 537 g/mol. The standard InChI is InChI=1S/C29H33ClFN5O2/c1-18-6-3-7-19(2)36(18)13-5-10-28(37)35-26-15-22-25(16-27(26)38-21-8-4-9-21)32-17-33-29(22)34-20-11-12-24(31)23(30)14-20/h5,10-12,14-19,21H,3-4,6-9,13H2,1-2H3,(H,35,37)(H,32,33,34). The summed E-state index contributed by atoms with van der Waals surface area (Å²) in [5, 5.41) is 6.88. The Balaban J connectivity index is 1.39. The van der Waals surface area contributed by atoms with Crippen molar-refractivity contribution in [1.82, 2.24) is 14.9 Å². The zero-order valence-corrected chi connectivity index (χ0v) is 22.5. The first-order chi connectivity index (χ1) is 18.4. The Kier molecular flexibility index (Phi) is 8.09. The molecule has 1 saturated carbocycles. The molecule has 2 aliphatic rings. The van der Waals surface area contributed by atoms with E-state index in [1.807, 2.05) is 18.2 Å². The van der Waals surface area contributed by atoms with E-state index >= 15 is 0 Å². The van der Waals surface area contributed by atoms with E-state index in [0.717, 1.165) is 25.8 Å². The van der Waals surface area contributed by atoms with Crippen molar-refractivity contribution in [2.75, 3.05) is 17.2 Å². The minimum Gasteiger partial charge on any atom is -0.488 e. The van der Waals surface area contributed by atoms with E-state index < -0.39 is 5.82 Å². The molecule has 2 N–H and O–H groups in total. The predicted octanol–water partition coefficient (Wildman–Crippen LogP) is 6.85. The zero-order chi connectivity index (χ0) is 26.6. The molecule has 2 atom stereocenters.